The summed E-state index contributed by atoms with van der Waals surface area (Å²) in [6, 6.07) is 0.627. The summed E-state index contributed by atoms with van der Waals surface area (Å²) in [7, 11) is 0. The van der Waals surface area contributed by atoms with Crippen LogP contribution in [0.5, 0.6) is 0 Å². The van der Waals surface area contributed by atoms with E-state index < -0.39 is 0 Å². The Morgan fingerprint density at radius 2 is 2.42 bits per heavy atom. The molecule has 1 rings (SSSR count). The van der Waals surface area contributed by atoms with Crippen LogP contribution in [-0.2, 0) is 4.74 Å². The molecule has 0 aromatic heterocycles. The Balaban J connectivity index is 2.26. The van der Waals surface area contributed by atoms with Crippen LogP contribution in [0.4, 0.5) is 0 Å². The predicted octanol–water partition coefficient (Wildman–Crippen LogP) is 1.73. The van der Waals surface area contributed by atoms with Crippen molar-refractivity contribution in [3.63, 3.8) is 0 Å². The molecule has 1 saturated heterocycles. The van der Waals surface area contributed by atoms with Crippen LogP contribution in [-0.4, -0.2) is 43.1 Å². The van der Waals surface area contributed by atoms with Crippen LogP contribution in [0.25, 0.3) is 0 Å². The minimum Gasteiger partial charge on any atom is -0.378 e. The summed E-state index contributed by atoms with van der Waals surface area (Å²) in [6.45, 7) is 6.21. The molecule has 0 radical (unpaired) electrons. The second-order valence-corrected chi connectivity index (χ2v) is 3.59. The van der Waals surface area contributed by atoms with Crippen LogP contribution >= 0.6 is 11.6 Å². The summed E-state index contributed by atoms with van der Waals surface area (Å²) in [5.74, 6) is 0.772. The second-order valence-electron chi connectivity index (χ2n) is 3.22. The van der Waals surface area contributed by atoms with Crippen molar-refractivity contribution in [3.8, 4) is 0 Å². The van der Waals surface area contributed by atoms with Gasteiger partial charge < -0.3 is 4.74 Å². The lowest BCUT2D eigenvalue weighted by Crippen LogP contribution is -2.45. The molecule has 0 bridgehead atoms. The highest BCUT2D eigenvalue weighted by molar-refractivity contribution is 6.17. The number of halogens is 1. The molecule has 3 heteroatoms. The minimum atomic E-state index is 0.627. The first-order chi connectivity index (χ1) is 5.88. The van der Waals surface area contributed by atoms with E-state index >= 15 is 0 Å². The second kappa shape index (κ2) is 5.79. The van der Waals surface area contributed by atoms with E-state index in [0.29, 0.717) is 6.04 Å². The van der Waals surface area contributed by atoms with Crippen molar-refractivity contribution < 1.29 is 4.74 Å². The molecular formula is C9H18ClNO. The molecule has 0 aromatic rings. The maximum absolute atomic E-state index is 5.65. The molecule has 1 aliphatic heterocycles. The van der Waals surface area contributed by atoms with Gasteiger partial charge in [0, 0.05) is 18.5 Å². The van der Waals surface area contributed by atoms with Gasteiger partial charge in [0.1, 0.15) is 0 Å². The molecule has 0 amide bonds. The van der Waals surface area contributed by atoms with Crippen molar-refractivity contribution in [1.29, 1.82) is 0 Å². The summed E-state index contributed by atoms with van der Waals surface area (Å²) >= 11 is 5.65. The molecule has 1 unspecified atom stereocenters. The smallest absolute Gasteiger partial charge is 0.0622 e. The van der Waals surface area contributed by atoms with Gasteiger partial charge in [-0.15, -0.1) is 11.6 Å². The molecule has 1 heterocycles. The lowest BCUT2D eigenvalue weighted by Gasteiger charge is -2.34. The zero-order valence-corrected chi connectivity index (χ0v) is 8.52. The van der Waals surface area contributed by atoms with Gasteiger partial charge in [-0.05, 0) is 19.4 Å². The largest absolute Gasteiger partial charge is 0.378 e. The highest BCUT2D eigenvalue weighted by Gasteiger charge is 2.19. The first kappa shape index (κ1) is 10.3. The van der Waals surface area contributed by atoms with E-state index in [1.165, 1.54) is 6.42 Å². The molecule has 1 atom stereocenters. The van der Waals surface area contributed by atoms with Gasteiger partial charge in [-0.2, -0.15) is 0 Å². The van der Waals surface area contributed by atoms with Crippen LogP contribution in [0.2, 0.25) is 0 Å². The van der Waals surface area contributed by atoms with Crippen molar-refractivity contribution in [1.82, 2.24) is 4.90 Å². The van der Waals surface area contributed by atoms with Gasteiger partial charge in [0.05, 0.1) is 13.2 Å². The monoisotopic (exact) mass is 191 g/mol. The van der Waals surface area contributed by atoms with E-state index in [1.54, 1.807) is 0 Å². The summed E-state index contributed by atoms with van der Waals surface area (Å²) in [6.07, 6.45) is 2.28. The Labute approximate surface area is 79.8 Å². The normalized spacial score (nSPS) is 26.0. The standard InChI is InChI=1S/C9H18ClNO/c1-2-9-8-12-7-6-11(9)5-3-4-10/h9H,2-8H2,1H3. The Morgan fingerprint density at radius 3 is 3.08 bits per heavy atom. The fraction of sp³-hybridized carbons (Fsp3) is 1.00. The van der Waals surface area contributed by atoms with Crippen molar-refractivity contribution >= 4 is 11.6 Å². The molecule has 2 nitrogen and oxygen atoms in total. The van der Waals surface area contributed by atoms with Gasteiger partial charge in [-0.25, -0.2) is 0 Å². The third-order valence-electron chi connectivity index (χ3n) is 2.40. The highest BCUT2D eigenvalue weighted by Crippen LogP contribution is 2.10. The Bertz CT molecular complexity index is 121. The van der Waals surface area contributed by atoms with E-state index in [9.17, 15) is 0 Å². The lowest BCUT2D eigenvalue weighted by molar-refractivity contribution is -0.00827. The van der Waals surface area contributed by atoms with Crippen LogP contribution in [0.15, 0.2) is 0 Å². The predicted molar refractivity (Wildman–Crippen MR) is 51.8 cm³/mol. The maximum Gasteiger partial charge on any atom is 0.0622 e. The van der Waals surface area contributed by atoms with E-state index in [2.05, 4.69) is 11.8 Å². The Kier molecular flexibility index (Phi) is 4.96. The molecule has 1 aliphatic rings. The van der Waals surface area contributed by atoms with Crippen molar-refractivity contribution in [2.75, 3.05) is 32.2 Å². The third kappa shape index (κ3) is 2.92. The van der Waals surface area contributed by atoms with E-state index in [-0.39, 0.29) is 0 Å². The van der Waals surface area contributed by atoms with Gasteiger partial charge in [0.25, 0.3) is 0 Å². The van der Waals surface area contributed by atoms with Crippen LogP contribution < -0.4 is 0 Å². The number of morpholine rings is 1. The van der Waals surface area contributed by atoms with Crippen LogP contribution in [0.3, 0.4) is 0 Å². The molecule has 0 aliphatic carbocycles. The van der Waals surface area contributed by atoms with E-state index in [1.807, 2.05) is 0 Å². The quantitative estimate of drug-likeness (QED) is 0.628. The van der Waals surface area contributed by atoms with Crippen molar-refractivity contribution in [2.24, 2.45) is 0 Å². The zero-order chi connectivity index (χ0) is 8.81. The minimum absolute atomic E-state index is 0.627. The fourth-order valence-electron chi connectivity index (χ4n) is 1.62. The number of hydrogen-bond donors (Lipinski definition) is 0. The molecule has 0 spiro atoms. The maximum atomic E-state index is 5.65. The van der Waals surface area contributed by atoms with Crippen molar-refractivity contribution in [3.05, 3.63) is 0 Å². The highest BCUT2D eigenvalue weighted by atomic mass is 35.5. The topological polar surface area (TPSA) is 12.5 Å². The molecular weight excluding hydrogens is 174 g/mol. The number of rotatable bonds is 4. The zero-order valence-electron chi connectivity index (χ0n) is 7.76. The van der Waals surface area contributed by atoms with E-state index in [4.69, 9.17) is 16.3 Å². The lowest BCUT2D eigenvalue weighted by atomic mass is 10.1. The average Bonchev–Trinajstić information content (AvgIpc) is 2.15. The Morgan fingerprint density at radius 1 is 1.58 bits per heavy atom. The summed E-state index contributed by atoms with van der Waals surface area (Å²) in [4.78, 5) is 2.49. The van der Waals surface area contributed by atoms with Gasteiger partial charge >= 0.3 is 0 Å². The van der Waals surface area contributed by atoms with E-state index in [0.717, 1.165) is 38.6 Å². The first-order valence-corrected chi connectivity index (χ1v) is 5.29. The third-order valence-corrected chi connectivity index (χ3v) is 2.67. The fourth-order valence-corrected chi connectivity index (χ4v) is 1.74. The van der Waals surface area contributed by atoms with Crippen LogP contribution in [0.1, 0.15) is 19.8 Å². The van der Waals surface area contributed by atoms with Crippen molar-refractivity contribution in [2.45, 2.75) is 25.8 Å². The molecule has 0 aromatic carbocycles. The average molecular weight is 192 g/mol. The number of alkyl halides is 1. The molecule has 0 saturated carbocycles. The number of ether oxygens (including phenoxy) is 1. The molecule has 0 N–H and O–H groups in total. The van der Waals surface area contributed by atoms with Gasteiger partial charge in [-0.1, -0.05) is 6.92 Å². The number of hydrogen-bond acceptors (Lipinski definition) is 2. The van der Waals surface area contributed by atoms with Gasteiger partial charge in [0.2, 0.25) is 0 Å². The molecule has 72 valence electrons. The number of nitrogens with zero attached hydrogens (tertiary/aromatic N) is 1. The summed E-state index contributed by atoms with van der Waals surface area (Å²) < 4.78 is 5.41. The van der Waals surface area contributed by atoms with Crippen LogP contribution in [0, 0.1) is 0 Å². The molecule has 1 fully saturated rings. The molecule has 12 heavy (non-hydrogen) atoms. The summed E-state index contributed by atoms with van der Waals surface area (Å²) in [5.41, 5.74) is 0. The summed E-state index contributed by atoms with van der Waals surface area (Å²) in [5, 5.41) is 0. The Hall–Kier alpha value is 0.210. The van der Waals surface area contributed by atoms with Gasteiger partial charge in [0.15, 0.2) is 0 Å². The SMILES string of the molecule is CCC1COCCN1CCCCl. The van der Waals surface area contributed by atoms with Gasteiger partial charge in [-0.3, -0.25) is 4.90 Å². The first-order valence-electron chi connectivity index (χ1n) is 4.76.